The minimum absolute atomic E-state index is 0.0401. The molecule has 0 unspecified atom stereocenters. The molecule has 0 bridgehead atoms. The summed E-state index contributed by atoms with van der Waals surface area (Å²) in [6.07, 6.45) is 4.54. The second-order valence-electron chi connectivity index (χ2n) is 8.19. The van der Waals surface area contributed by atoms with Crippen molar-refractivity contribution in [2.75, 3.05) is 43.9 Å². The highest BCUT2D eigenvalue weighted by atomic mass is 16.4. The first kappa shape index (κ1) is 33.7. The third kappa shape index (κ3) is 13.7. The summed E-state index contributed by atoms with van der Waals surface area (Å²) < 4.78 is 0. The van der Waals surface area contributed by atoms with E-state index in [1.807, 2.05) is 49.3 Å². The zero-order valence-electron chi connectivity index (χ0n) is 22.0. The molecule has 2 rings (SSSR count). The molecule has 210 valence electrons. The van der Waals surface area contributed by atoms with E-state index in [1.54, 1.807) is 0 Å². The van der Waals surface area contributed by atoms with E-state index in [0.717, 1.165) is 61.2 Å². The number of fused-ring (bicyclic) bond motifs is 1. The summed E-state index contributed by atoms with van der Waals surface area (Å²) in [5.74, 6) is -6.42. The maximum atomic E-state index is 12.7. The average molecular weight is 537 g/mol. The molecule has 0 radical (unpaired) electrons. The molecule has 0 atom stereocenters. The molecule has 0 spiro atoms. The Bertz CT molecular complexity index is 1030. The second-order valence-corrected chi connectivity index (χ2v) is 8.19. The van der Waals surface area contributed by atoms with Crippen LogP contribution >= 0.6 is 0 Å². The van der Waals surface area contributed by atoms with Crippen molar-refractivity contribution in [3.05, 3.63) is 30.3 Å². The summed E-state index contributed by atoms with van der Waals surface area (Å²) >= 11 is 0. The zero-order chi connectivity index (χ0) is 29.3. The lowest BCUT2D eigenvalue weighted by Gasteiger charge is -2.22. The van der Waals surface area contributed by atoms with Crippen LogP contribution in [-0.4, -0.2) is 93.8 Å². The molecule has 0 aliphatic heterocycles. The first-order chi connectivity index (χ1) is 17.8. The Morgan fingerprint density at radius 3 is 1.71 bits per heavy atom. The minimum Gasteiger partial charge on any atom is -0.473 e. The summed E-state index contributed by atoms with van der Waals surface area (Å²) in [6.45, 7) is 6.76. The van der Waals surface area contributed by atoms with E-state index in [9.17, 15) is 4.79 Å². The van der Waals surface area contributed by atoms with E-state index >= 15 is 0 Å². The Balaban J connectivity index is 0.000000948. The van der Waals surface area contributed by atoms with Gasteiger partial charge in [-0.1, -0.05) is 44.9 Å². The third-order valence-electron chi connectivity index (χ3n) is 4.82. The number of aliphatic carboxylic acids is 4. The van der Waals surface area contributed by atoms with Gasteiger partial charge in [0.15, 0.2) is 0 Å². The van der Waals surface area contributed by atoms with Gasteiger partial charge in [-0.2, -0.15) is 0 Å². The highest BCUT2D eigenvalue weighted by molar-refractivity contribution is 6.27. The smallest absolute Gasteiger partial charge is 0.414 e. The van der Waals surface area contributed by atoms with Crippen molar-refractivity contribution in [3.63, 3.8) is 0 Å². The van der Waals surface area contributed by atoms with E-state index < -0.39 is 23.9 Å². The number of unbranched alkanes of at least 4 members (excludes halogenated alkanes) is 2. The molecule has 13 heteroatoms. The van der Waals surface area contributed by atoms with Crippen LogP contribution < -0.4 is 10.2 Å². The minimum atomic E-state index is -1.82. The molecule has 2 aromatic rings. The summed E-state index contributed by atoms with van der Waals surface area (Å²) in [5.41, 5.74) is 1.72. The number of nitrogens with one attached hydrogen (secondary N) is 1. The maximum Gasteiger partial charge on any atom is 0.414 e. The summed E-state index contributed by atoms with van der Waals surface area (Å²) in [7, 11) is 3.92. The molecule has 0 saturated carbocycles. The van der Waals surface area contributed by atoms with Gasteiger partial charge in [0.05, 0.1) is 17.7 Å². The van der Waals surface area contributed by atoms with Crippen LogP contribution in [0.4, 0.5) is 11.5 Å². The fourth-order valence-electron chi connectivity index (χ4n) is 2.92. The number of carbonyl (C=O) groups excluding carboxylic acids is 1. The average Bonchev–Trinajstić information content (AvgIpc) is 2.86. The van der Waals surface area contributed by atoms with Crippen LogP contribution in [0.2, 0.25) is 0 Å². The fourth-order valence-corrected chi connectivity index (χ4v) is 2.92. The van der Waals surface area contributed by atoms with Crippen LogP contribution in [0, 0.1) is 0 Å². The normalized spacial score (nSPS) is 9.92. The maximum absolute atomic E-state index is 12.7. The van der Waals surface area contributed by atoms with Crippen molar-refractivity contribution in [1.29, 1.82) is 0 Å². The molecular formula is C25H36N4O9. The number of carboxylic acid groups (broad SMARTS) is 4. The second kappa shape index (κ2) is 18.1. The molecule has 1 aromatic heterocycles. The number of carboxylic acids is 4. The highest BCUT2D eigenvalue weighted by Gasteiger charge is 2.13. The van der Waals surface area contributed by atoms with Crippen LogP contribution in [-0.2, 0) is 24.0 Å². The predicted molar refractivity (Wildman–Crippen MR) is 141 cm³/mol. The lowest BCUT2D eigenvalue weighted by Crippen LogP contribution is -2.34. The molecule has 1 amide bonds. The number of pyridine rings is 1. The monoisotopic (exact) mass is 536 g/mol. The molecule has 1 heterocycles. The number of amides is 1. The predicted octanol–water partition coefficient (Wildman–Crippen LogP) is 2.45. The SMILES string of the molecule is CCCCN(CCCC)CC(=O)Nc1cc(N(C)C)nc2ccccc12.O=C(O)C(=O)O.O=C(O)C(=O)O. The van der Waals surface area contributed by atoms with E-state index in [4.69, 9.17) is 39.6 Å². The highest BCUT2D eigenvalue weighted by Crippen LogP contribution is 2.26. The molecule has 0 saturated heterocycles. The van der Waals surface area contributed by atoms with Crippen LogP contribution in [0.3, 0.4) is 0 Å². The van der Waals surface area contributed by atoms with Crippen molar-refractivity contribution in [2.24, 2.45) is 0 Å². The molecule has 38 heavy (non-hydrogen) atoms. The van der Waals surface area contributed by atoms with E-state index in [1.165, 1.54) is 0 Å². The van der Waals surface area contributed by atoms with Crippen molar-refractivity contribution in [3.8, 4) is 0 Å². The topological polar surface area (TPSA) is 198 Å². The Morgan fingerprint density at radius 1 is 0.816 bits per heavy atom. The quantitative estimate of drug-likeness (QED) is 0.278. The lowest BCUT2D eigenvalue weighted by atomic mass is 10.1. The number of nitrogens with zero attached hydrogens (tertiary/aromatic N) is 3. The molecule has 0 aliphatic carbocycles. The van der Waals surface area contributed by atoms with Gasteiger partial charge in [-0.05, 0) is 32.0 Å². The number of para-hydroxylation sites is 1. The van der Waals surface area contributed by atoms with E-state index in [2.05, 4.69) is 29.0 Å². The van der Waals surface area contributed by atoms with Crippen LogP contribution in [0.15, 0.2) is 30.3 Å². The number of aromatic nitrogens is 1. The molecule has 0 aliphatic rings. The Labute approximate surface area is 220 Å². The van der Waals surface area contributed by atoms with Gasteiger partial charge in [-0.15, -0.1) is 0 Å². The van der Waals surface area contributed by atoms with E-state index in [-0.39, 0.29) is 5.91 Å². The Morgan fingerprint density at radius 2 is 1.29 bits per heavy atom. The standard InChI is InChI=1S/C21H32N4O.2C2H2O4/c1-5-7-13-25(14-8-6-2)16-21(26)23-19-15-20(24(3)4)22-18-12-10-9-11-17(18)19;2*3-1(4)2(5)6/h9-12,15H,5-8,13-14,16H2,1-4H3,(H,22,23,26);2*(H,3,4)(H,5,6). The van der Waals surface area contributed by atoms with Gasteiger partial charge in [-0.3, -0.25) is 9.69 Å². The van der Waals surface area contributed by atoms with Gasteiger partial charge >= 0.3 is 23.9 Å². The first-order valence-corrected chi connectivity index (χ1v) is 11.9. The van der Waals surface area contributed by atoms with Crippen LogP contribution in [0.5, 0.6) is 0 Å². The zero-order valence-corrected chi connectivity index (χ0v) is 22.0. The number of carbonyl (C=O) groups is 5. The number of rotatable bonds is 10. The van der Waals surface area contributed by atoms with Gasteiger partial charge in [0, 0.05) is 25.5 Å². The lowest BCUT2D eigenvalue weighted by molar-refractivity contribution is -0.159. The number of anilines is 2. The summed E-state index contributed by atoms with van der Waals surface area (Å²) in [6, 6.07) is 9.88. The van der Waals surface area contributed by atoms with Crippen molar-refractivity contribution in [2.45, 2.75) is 39.5 Å². The molecule has 5 N–H and O–H groups in total. The molecule has 1 aromatic carbocycles. The summed E-state index contributed by atoms with van der Waals surface area (Å²) in [5, 5.41) is 33.7. The van der Waals surface area contributed by atoms with Gasteiger partial charge in [0.1, 0.15) is 5.82 Å². The van der Waals surface area contributed by atoms with E-state index in [0.29, 0.717) is 6.54 Å². The van der Waals surface area contributed by atoms with Gasteiger partial charge in [0.2, 0.25) is 5.91 Å². The summed E-state index contributed by atoms with van der Waals surface area (Å²) in [4.78, 5) is 58.0. The molecule has 13 nitrogen and oxygen atoms in total. The fraction of sp³-hybridized carbons (Fsp3) is 0.440. The van der Waals surface area contributed by atoms with Crippen molar-refractivity contribution < 1.29 is 44.4 Å². The van der Waals surface area contributed by atoms with Crippen LogP contribution in [0.1, 0.15) is 39.5 Å². The van der Waals surface area contributed by atoms with Gasteiger partial charge in [-0.25, -0.2) is 24.2 Å². The Hall–Kier alpha value is -4.26. The van der Waals surface area contributed by atoms with Gasteiger partial charge in [0.25, 0.3) is 0 Å². The van der Waals surface area contributed by atoms with Gasteiger partial charge < -0.3 is 30.6 Å². The number of hydrogen-bond acceptors (Lipinski definition) is 8. The van der Waals surface area contributed by atoms with Crippen molar-refractivity contribution in [1.82, 2.24) is 9.88 Å². The molecular weight excluding hydrogens is 500 g/mol. The Kier molecular flexibility index (Phi) is 16.0. The molecule has 0 fully saturated rings. The largest absolute Gasteiger partial charge is 0.473 e. The number of benzene rings is 1. The van der Waals surface area contributed by atoms with Crippen molar-refractivity contribution >= 4 is 52.2 Å². The first-order valence-electron chi connectivity index (χ1n) is 11.9. The number of hydrogen-bond donors (Lipinski definition) is 5. The van der Waals surface area contributed by atoms with Crippen LogP contribution in [0.25, 0.3) is 10.9 Å². The third-order valence-corrected chi connectivity index (χ3v) is 4.82.